The summed E-state index contributed by atoms with van der Waals surface area (Å²) in [5.74, 6) is -0.300. The van der Waals surface area contributed by atoms with Crippen LogP contribution in [0.15, 0.2) is 47.1 Å². The van der Waals surface area contributed by atoms with Crippen LogP contribution in [0.4, 0.5) is 5.00 Å². The second-order valence-electron chi connectivity index (χ2n) is 8.81. The molecule has 0 unspecified atom stereocenters. The van der Waals surface area contributed by atoms with E-state index in [2.05, 4.69) is 11.4 Å². The molecule has 0 spiro atoms. The summed E-state index contributed by atoms with van der Waals surface area (Å²) in [4.78, 5) is 31.9. The molecule has 0 saturated heterocycles. The number of aromatic nitrogens is 1. The van der Waals surface area contributed by atoms with Gasteiger partial charge in [-0.05, 0) is 73.1 Å². The van der Waals surface area contributed by atoms with Crippen molar-refractivity contribution < 1.29 is 18.7 Å². The number of ether oxygens (including phenoxy) is 1. The lowest BCUT2D eigenvalue weighted by atomic mass is 10.0. The van der Waals surface area contributed by atoms with Gasteiger partial charge < -0.3 is 14.5 Å². The molecule has 2 aliphatic rings. The molecule has 8 heteroatoms. The maximum atomic E-state index is 13.3. The predicted octanol–water partition coefficient (Wildman–Crippen LogP) is 5.53. The summed E-state index contributed by atoms with van der Waals surface area (Å²) in [5, 5.41) is 13.5. The third-order valence-electron chi connectivity index (χ3n) is 6.63. The van der Waals surface area contributed by atoms with Gasteiger partial charge in [0.15, 0.2) is 6.61 Å². The van der Waals surface area contributed by atoms with E-state index < -0.39 is 18.5 Å². The van der Waals surface area contributed by atoms with Gasteiger partial charge in [0.25, 0.3) is 5.91 Å². The number of fused-ring (bicyclic) bond motifs is 3. The average molecular weight is 496 g/mol. The number of nitrogens with zero attached hydrogens (tertiary/aromatic N) is 2. The molecule has 3 aromatic heterocycles. The van der Waals surface area contributed by atoms with Crippen molar-refractivity contribution >= 4 is 50.8 Å². The summed E-state index contributed by atoms with van der Waals surface area (Å²) in [6.07, 6.45) is 7.74. The molecule has 7 nitrogen and oxygen atoms in total. The highest BCUT2D eigenvalue weighted by atomic mass is 32.1. The first-order chi connectivity index (χ1) is 17.6. The Morgan fingerprint density at radius 2 is 2.03 bits per heavy atom. The lowest BCUT2D eigenvalue weighted by molar-refractivity contribution is -0.119. The van der Waals surface area contributed by atoms with Crippen LogP contribution in [0.25, 0.3) is 22.6 Å². The number of esters is 1. The lowest BCUT2D eigenvalue weighted by Crippen LogP contribution is -2.21. The minimum Gasteiger partial charge on any atom is -0.465 e. The van der Waals surface area contributed by atoms with Crippen LogP contribution >= 0.6 is 11.3 Å². The number of thiophene rings is 1. The fourth-order valence-corrected chi connectivity index (χ4v) is 6.29. The summed E-state index contributed by atoms with van der Waals surface area (Å²) in [7, 11) is 0. The fraction of sp³-hybridized carbons (Fsp3) is 0.214. The molecule has 36 heavy (non-hydrogen) atoms. The largest absolute Gasteiger partial charge is 0.465 e. The van der Waals surface area contributed by atoms with E-state index in [1.54, 1.807) is 6.26 Å². The number of allylic oxidation sites excluding steroid dienone is 1. The molecule has 0 bridgehead atoms. The van der Waals surface area contributed by atoms with Crippen molar-refractivity contribution in [3.63, 3.8) is 0 Å². The predicted molar refractivity (Wildman–Crippen MR) is 137 cm³/mol. The molecule has 178 valence electrons. The van der Waals surface area contributed by atoms with Gasteiger partial charge in [0, 0.05) is 10.3 Å². The van der Waals surface area contributed by atoms with Crippen molar-refractivity contribution in [2.45, 2.75) is 32.1 Å². The molecule has 0 saturated carbocycles. The van der Waals surface area contributed by atoms with E-state index in [1.165, 1.54) is 11.3 Å². The van der Waals surface area contributed by atoms with Crippen LogP contribution in [0, 0.1) is 11.3 Å². The van der Waals surface area contributed by atoms with Crippen LogP contribution in [0.1, 0.15) is 56.2 Å². The number of hydrogen-bond donors (Lipinski definition) is 1. The zero-order chi connectivity index (χ0) is 24.6. The third kappa shape index (κ3) is 3.88. The number of nitrogens with one attached hydrogen (secondary N) is 1. The van der Waals surface area contributed by atoms with Gasteiger partial charge in [0.05, 0.1) is 28.6 Å². The van der Waals surface area contributed by atoms with Gasteiger partial charge in [0.1, 0.15) is 16.8 Å². The molecular weight excluding hydrogens is 474 g/mol. The molecule has 4 aromatic rings. The van der Waals surface area contributed by atoms with Crippen molar-refractivity contribution in [2.75, 3.05) is 11.9 Å². The Morgan fingerprint density at radius 1 is 1.14 bits per heavy atom. The highest BCUT2D eigenvalue weighted by molar-refractivity contribution is 7.16. The Morgan fingerprint density at radius 3 is 2.86 bits per heavy atom. The normalized spacial score (nSPS) is 15.0. The number of benzene rings is 1. The van der Waals surface area contributed by atoms with E-state index >= 15 is 0 Å². The topological polar surface area (TPSA) is 105 Å². The molecule has 1 N–H and O–H groups in total. The quantitative estimate of drug-likeness (QED) is 0.365. The summed E-state index contributed by atoms with van der Waals surface area (Å²) in [6, 6.07) is 13.4. The van der Waals surface area contributed by atoms with Crippen molar-refractivity contribution in [3.05, 3.63) is 81.2 Å². The van der Waals surface area contributed by atoms with Gasteiger partial charge in [0.2, 0.25) is 0 Å². The van der Waals surface area contributed by atoms with E-state index in [4.69, 9.17) is 14.1 Å². The van der Waals surface area contributed by atoms with Gasteiger partial charge in [-0.25, -0.2) is 9.78 Å². The highest BCUT2D eigenvalue weighted by Crippen LogP contribution is 2.39. The van der Waals surface area contributed by atoms with E-state index in [1.807, 2.05) is 42.5 Å². The van der Waals surface area contributed by atoms with E-state index in [0.29, 0.717) is 33.5 Å². The Hall–Kier alpha value is -4.22. The Bertz CT molecular complexity index is 1590. The van der Waals surface area contributed by atoms with Crippen LogP contribution in [-0.2, 0) is 28.8 Å². The number of furan rings is 1. The Kier molecular flexibility index (Phi) is 5.62. The molecular formula is C28H21N3O4S. The van der Waals surface area contributed by atoms with Crippen molar-refractivity contribution in [1.29, 1.82) is 5.26 Å². The van der Waals surface area contributed by atoms with Gasteiger partial charge >= 0.3 is 5.97 Å². The molecule has 3 heterocycles. The zero-order valence-electron chi connectivity index (χ0n) is 19.3. The van der Waals surface area contributed by atoms with Crippen LogP contribution in [0.5, 0.6) is 0 Å². The number of anilines is 1. The van der Waals surface area contributed by atoms with Gasteiger partial charge in [-0.15, -0.1) is 11.3 Å². The Labute approximate surface area is 211 Å². The molecule has 0 aliphatic heterocycles. The number of para-hydroxylation sites is 1. The van der Waals surface area contributed by atoms with Gasteiger partial charge in [-0.2, -0.15) is 5.26 Å². The fourth-order valence-electron chi connectivity index (χ4n) is 5.03. The van der Waals surface area contributed by atoms with Crippen LogP contribution in [0.3, 0.4) is 0 Å². The second kappa shape index (κ2) is 9.10. The summed E-state index contributed by atoms with van der Waals surface area (Å²) in [5.41, 5.74) is 5.26. The molecule has 0 atom stereocenters. The Balaban J connectivity index is 1.26. The lowest BCUT2D eigenvalue weighted by Gasteiger charge is -2.12. The first kappa shape index (κ1) is 22.3. The van der Waals surface area contributed by atoms with Crippen LogP contribution in [0.2, 0.25) is 0 Å². The number of pyridine rings is 1. The number of hydrogen-bond acceptors (Lipinski definition) is 7. The molecule has 1 amide bonds. The van der Waals surface area contributed by atoms with Crippen molar-refractivity contribution in [3.8, 4) is 6.07 Å². The summed E-state index contributed by atoms with van der Waals surface area (Å²) in [6.45, 7) is -0.438. The van der Waals surface area contributed by atoms with E-state index in [-0.39, 0.29) is 0 Å². The first-order valence-electron chi connectivity index (χ1n) is 11.8. The number of carbonyl (C=O) groups excluding carboxylic acids is 2. The van der Waals surface area contributed by atoms with Crippen molar-refractivity contribution in [1.82, 2.24) is 4.98 Å². The van der Waals surface area contributed by atoms with E-state index in [9.17, 15) is 14.9 Å². The average Bonchev–Trinajstić information content (AvgIpc) is 3.67. The molecule has 2 aliphatic carbocycles. The zero-order valence-corrected chi connectivity index (χ0v) is 20.1. The monoisotopic (exact) mass is 495 g/mol. The minimum absolute atomic E-state index is 0.438. The maximum Gasteiger partial charge on any atom is 0.339 e. The van der Waals surface area contributed by atoms with Gasteiger partial charge in [-0.3, -0.25) is 4.79 Å². The molecule has 0 radical (unpaired) electrons. The van der Waals surface area contributed by atoms with Crippen LogP contribution in [-0.4, -0.2) is 23.5 Å². The minimum atomic E-state index is -0.562. The first-order valence-corrected chi connectivity index (χ1v) is 12.6. The number of carbonyl (C=O) groups is 2. The summed E-state index contributed by atoms with van der Waals surface area (Å²) >= 11 is 1.43. The number of aryl methyl sites for hydroxylation is 1. The van der Waals surface area contributed by atoms with Crippen LogP contribution < -0.4 is 5.32 Å². The van der Waals surface area contributed by atoms with E-state index in [0.717, 1.165) is 58.7 Å². The maximum absolute atomic E-state index is 13.3. The molecule has 0 fully saturated rings. The third-order valence-corrected chi connectivity index (χ3v) is 7.83. The highest BCUT2D eigenvalue weighted by Gasteiger charge is 2.28. The summed E-state index contributed by atoms with van der Waals surface area (Å²) < 4.78 is 11.0. The second-order valence-corrected chi connectivity index (χ2v) is 9.92. The van der Waals surface area contributed by atoms with Gasteiger partial charge in [-0.1, -0.05) is 18.2 Å². The van der Waals surface area contributed by atoms with Crippen molar-refractivity contribution in [2.24, 2.45) is 0 Å². The standard InChI is InChI=1S/C28H21N3O4S/c29-14-21-18-7-3-9-23(18)36-27(21)31-24(32)15-35-28(33)25-19-6-1-2-8-22(19)30-26-16(10-11-20(25)26)13-17-5-4-12-34-17/h1-2,4-6,8,12-13H,3,7,9-11,15H2,(H,31,32)/b16-13+. The molecule has 6 rings (SSSR count). The molecule has 1 aromatic carbocycles. The smallest absolute Gasteiger partial charge is 0.339 e. The number of nitriles is 1. The number of rotatable bonds is 5. The SMILES string of the molecule is N#Cc1c(NC(=O)COC(=O)c2c3c(nc4ccccc24)/C(=C/c2ccco2)CC3)sc2c1CCC2. The number of amides is 1.